The molecule has 0 radical (unpaired) electrons. The van der Waals surface area contributed by atoms with Crippen molar-refractivity contribution < 1.29 is 66.2 Å². The Balaban J connectivity index is 1.86. The maximum absolute atomic E-state index is 14.6. The maximum Gasteiger partial charge on any atom is 0.397 e. The molecule has 2 aliphatic heterocycles. The SMILES string of the molecule is CCC(C)C(NC(=O)C(COS(=O)(=O)O)OC)C(=O)N1C(C(=O)NCCCCN=C(N)N)CC2CCC(OC3OC(CO)C(O)C(O)C3O)CC21. The predicted molar refractivity (Wildman–Crippen MR) is 178 cm³/mol. The summed E-state index contributed by atoms with van der Waals surface area (Å²) in [7, 11) is -3.77. The molecular formula is C30H54N6O14S. The third kappa shape index (κ3) is 11.6. The lowest BCUT2D eigenvalue weighted by Gasteiger charge is -2.43. The molecule has 3 aliphatic rings. The van der Waals surface area contributed by atoms with Gasteiger partial charge in [-0.05, 0) is 50.4 Å². The molecule has 3 amide bonds. The first-order valence-electron chi connectivity index (χ1n) is 17.1. The highest BCUT2D eigenvalue weighted by Crippen LogP contribution is 2.42. The van der Waals surface area contributed by atoms with E-state index in [4.69, 9.17) is 30.2 Å². The number of fused-ring (bicyclic) bond motifs is 1. The van der Waals surface area contributed by atoms with E-state index in [1.54, 1.807) is 13.8 Å². The lowest BCUT2D eigenvalue weighted by atomic mass is 9.82. The van der Waals surface area contributed by atoms with Crippen molar-refractivity contribution in [1.82, 2.24) is 15.5 Å². The van der Waals surface area contributed by atoms with Gasteiger partial charge in [0.05, 0.1) is 12.7 Å². The Kier molecular flexibility index (Phi) is 16.2. The number of guanidine groups is 1. The van der Waals surface area contributed by atoms with Gasteiger partial charge in [0, 0.05) is 26.2 Å². The van der Waals surface area contributed by atoms with Gasteiger partial charge in [0.15, 0.2) is 18.4 Å². The first kappa shape index (κ1) is 42.7. The average molecular weight is 755 g/mol. The number of aliphatic imine (C=N–C) groups is 1. The van der Waals surface area contributed by atoms with Gasteiger partial charge in [-0.15, -0.1) is 0 Å². The lowest BCUT2D eigenvalue weighted by Crippen LogP contribution is -2.61. The van der Waals surface area contributed by atoms with Gasteiger partial charge in [0.25, 0.3) is 5.91 Å². The molecule has 2 saturated heterocycles. The van der Waals surface area contributed by atoms with Gasteiger partial charge in [0.1, 0.15) is 43.1 Å². The second-order valence-corrected chi connectivity index (χ2v) is 14.3. The second-order valence-electron chi connectivity index (χ2n) is 13.2. The fraction of sp³-hybridized carbons (Fsp3) is 0.867. The zero-order chi connectivity index (χ0) is 38.0. The highest BCUT2D eigenvalue weighted by atomic mass is 32.3. The Bertz CT molecular complexity index is 1300. The molecule has 11 N–H and O–H groups in total. The summed E-state index contributed by atoms with van der Waals surface area (Å²) in [4.78, 5) is 46.9. The summed E-state index contributed by atoms with van der Waals surface area (Å²) >= 11 is 0. The van der Waals surface area contributed by atoms with E-state index in [0.717, 1.165) is 7.11 Å². The molecule has 21 heteroatoms. The van der Waals surface area contributed by atoms with E-state index in [1.165, 1.54) is 4.90 Å². The summed E-state index contributed by atoms with van der Waals surface area (Å²) in [6, 6.07) is -2.68. The molecule has 0 aromatic rings. The minimum Gasteiger partial charge on any atom is -0.394 e. The number of aliphatic hydroxyl groups is 4. The molecule has 51 heavy (non-hydrogen) atoms. The molecule has 20 nitrogen and oxygen atoms in total. The van der Waals surface area contributed by atoms with Crippen molar-refractivity contribution in [2.45, 2.75) is 120 Å². The van der Waals surface area contributed by atoms with E-state index in [9.17, 15) is 43.2 Å². The monoisotopic (exact) mass is 754 g/mol. The molecule has 0 bridgehead atoms. The van der Waals surface area contributed by atoms with Crippen LogP contribution in [-0.4, -0.2) is 156 Å². The van der Waals surface area contributed by atoms with Crippen LogP contribution < -0.4 is 22.1 Å². The Hall–Kier alpha value is -2.73. The third-order valence-corrected chi connectivity index (χ3v) is 10.2. The fourth-order valence-electron chi connectivity index (χ4n) is 6.73. The molecule has 3 rings (SSSR count). The van der Waals surface area contributed by atoms with Gasteiger partial charge in [-0.2, -0.15) is 8.42 Å². The fourth-order valence-corrected chi connectivity index (χ4v) is 7.02. The Morgan fingerprint density at radius 2 is 1.78 bits per heavy atom. The van der Waals surface area contributed by atoms with Gasteiger partial charge in [0.2, 0.25) is 11.8 Å². The van der Waals surface area contributed by atoms with Crippen molar-refractivity contribution in [2.75, 3.05) is 33.4 Å². The zero-order valence-electron chi connectivity index (χ0n) is 29.1. The van der Waals surface area contributed by atoms with Crippen LogP contribution in [0.3, 0.4) is 0 Å². The average Bonchev–Trinajstić information content (AvgIpc) is 3.46. The third-order valence-electron chi connectivity index (χ3n) is 9.76. The van der Waals surface area contributed by atoms with Crippen LogP contribution in [0.5, 0.6) is 0 Å². The summed E-state index contributed by atoms with van der Waals surface area (Å²) in [6.07, 6.45) is -6.52. The second kappa shape index (κ2) is 19.4. The van der Waals surface area contributed by atoms with Crippen molar-refractivity contribution in [3.05, 3.63) is 0 Å². The molecule has 12 atom stereocenters. The number of ether oxygens (including phenoxy) is 3. The number of carbonyl (C=O) groups is 3. The molecule has 294 valence electrons. The summed E-state index contributed by atoms with van der Waals surface area (Å²) in [5.41, 5.74) is 10.7. The molecule has 3 fully saturated rings. The number of hydrogen-bond acceptors (Lipinski definition) is 14. The number of rotatable bonds is 18. The van der Waals surface area contributed by atoms with Crippen molar-refractivity contribution in [2.24, 2.45) is 28.3 Å². The van der Waals surface area contributed by atoms with Crippen LogP contribution in [0.1, 0.15) is 58.8 Å². The number of nitrogens with one attached hydrogen (secondary N) is 2. The minimum atomic E-state index is -4.89. The topological polar surface area (TPSA) is 315 Å². The van der Waals surface area contributed by atoms with Gasteiger partial charge in [-0.3, -0.25) is 23.9 Å². The first-order chi connectivity index (χ1) is 24.0. The van der Waals surface area contributed by atoms with Gasteiger partial charge < -0.3 is 61.6 Å². The first-order valence-corrected chi connectivity index (χ1v) is 18.5. The lowest BCUT2D eigenvalue weighted by molar-refractivity contribution is -0.314. The highest BCUT2D eigenvalue weighted by molar-refractivity contribution is 7.80. The number of carbonyl (C=O) groups excluding carboxylic acids is 3. The molecular weight excluding hydrogens is 700 g/mol. The largest absolute Gasteiger partial charge is 0.397 e. The van der Waals surface area contributed by atoms with Gasteiger partial charge >= 0.3 is 10.4 Å². The summed E-state index contributed by atoms with van der Waals surface area (Å²) < 4.78 is 52.2. The number of likely N-dealkylation sites (tertiary alicyclic amines) is 1. The van der Waals surface area contributed by atoms with E-state index >= 15 is 0 Å². The number of unbranched alkanes of at least 4 members (excludes halogenated alkanes) is 1. The van der Waals surface area contributed by atoms with Crippen LogP contribution in [0, 0.1) is 11.8 Å². The molecule has 2 heterocycles. The normalized spacial score (nSPS) is 31.2. The van der Waals surface area contributed by atoms with E-state index in [-0.39, 0.29) is 24.8 Å². The Labute approximate surface area is 297 Å². The van der Waals surface area contributed by atoms with Crippen molar-refractivity contribution in [3.8, 4) is 0 Å². The maximum atomic E-state index is 14.6. The number of nitrogens with two attached hydrogens (primary N) is 2. The van der Waals surface area contributed by atoms with Gasteiger partial charge in [-0.1, -0.05) is 20.3 Å². The molecule has 1 saturated carbocycles. The minimum absolute atomic E-state index is 0.0405. The van der Waals surface area contributed by atoms with Crippen LogP contribution in [0.15, 0.2) is 4.99 Å². The van der Waals surface area contributed by atoms with Crippen molar-refractivity contribution in [3.63, 3.8) is 0 Å². The smallest absolute Gasteiger partial charge is 0.394 e. The van der Waals surface area contributed by atoms with Crippen molar-refractivity contribution >= 4 is 34.1 Å². The Morgan fingerprint density at radius 1 is 1.08 bits per heavy atom. The summed E-state index contributed by atoms with van der Waals surface area (Å²) in [5.74, 6) is -2.52. The number of methoxy groups -OCH3 is 1. The van der Waals surface area contributed by atoms with Crippen LogP contribution >= 0.6 is 0 Å². The summed E-state index contributed by atoms with van der Waals surface area (Å²) in [6.45, 7) is 2.69. The van der Waals surface area contributed by atoms with Gasteiger partial charge in [-0.25, -0.2) is 4.18 Å². The Morgan fingerprint density at radius 3 is 2.39 bits per heavy atom. The molecule has 0 aromatic heterocycles. The number of nitrogens with zero attached hydrogens (tertiary/aromatic N) is 2. The van der Waals surface area contributed by atoms with E-state index in [0.29, 0.717) is 45.1 Å². The molecule has 1 aliphatic carbocycles. The molecule has 12 unspecified atom stereocenters. The van der Waals surface area contributed by atoms with E-state index < -0.39 is 108 Å². The number of hydrogen-bond donors (Lipinski definition) is 9. The summed E-state index contributed by atoms with van der Waals surface area (Å²) in [5, 5.41) is 46.1. The number of amides is 3. The quantitative estimate of drug-likeness (QED) is 0.0283. The zero-order valence-corrected chi connectivity index (χ0v) is 29.9. The highest BCUT2D eigenvalue weighted by Gasteiger charge is 2.52. The number of aliphatic hydroxyl groups excluding tert-OH is 4. The predicted octanol–water partition coefficient (Wildman–Crippen LogP) is -3.52. The molecule has 0 spiro atoms. The van der Waals surface area contributed by atoms with E-state index in [2.05, 4.69) is 19.8 Å². The van der Waals surface area contributed by atoms with Crippen LogP contribution in [-0.2, 0) is 43.2 Å². The molecule has 0 aromatic carbocycles. The van der Waals surface area contributed by atoms with Crippen LogP contribution in [0.4, 0.5) is 0 Å². The van der Waals surface area contributed by atoms with Crippen LogP contribution in [0.2, 0.25) is 0 Å². The standard InChI is InChI=1S/C30H54N6O14S/c1-4-15(2)22(35-27(42)21(47-3)14-48-51(44,45)46)28(43)36-18-12-17(49-29-25(40)24(39)23(38)20(13-37)50-29)8-7-16(18)11-19(36)26(41)33-9-5-6-10-34-30(31)32/h15-25,29,37-40H,4-14H2,1-3H3,(H,33,41)(H,35,42)(H4,31,32,34)(H,44,45,46). The van der Waals surface area contributed by atoms with Crippen LogP contribution in [0.25, 0.3) is 0 Å². The van der Waals surface area contributed by atoms with Crippen molar-refractivity contribution in [1.29, 1.82) is 0 Å². The van der Waals surface area contributed by atoms with E-state index in [1.807, 2.05) is 0 Å².